The van der Waals surface area contributed by atoms with Crippen molar-refractivity contribution >= 4 is 11.8 Å². The predicted octanol–water partition coefficient (Wildman–Crippen LogP) is 2.98. The lowest BCUT2D eigenvalue weighted by molar-refractivity contribution is 0.0533. The Balaban J connectivity index is 1.45. The van der Waals surface area contributed by atoms with Crippen molar-refractivity contribution in [1.29, 1.82) is 0 Å². The molecule has 2 amide bonds. The van der Waals surface area contributed by atoms with Gasteiger partial charge in [-0.25, -0.2) is 0 Å². The second-order valence-electron chi connectivity index (χ2n) is 6.50. The summed E-state index contributed by atoms with van der Waals surface area (Å²) in [7, 11) is 0. The highest BCUT2D eigenvalue weighted by atomic mass is 16.3. The fourth-order valence-electron chi connectivity index (χ4n) is 3.78. The van der Waals surface area contributed by atoms with Gasteiger partial charge in [0, 0.05) is 12.1 Å². The van der Waals surface area contributed by atoms with Crippen LogP contribution >= 0.6 is 0 Å². The SMILES string of the molecule is O=C1c2ccccc2C(=O)N1[C@@H]1CCC[C@H](NCc2ccco2)C1. The Labute approximate surface area is 140 Å². The molecular formula is C19H20N2O3. The van der Waals surface area contributed by atoms with E-state index >= 15 is 0 Å². The van der Waals surface area contributed by atoms with Crippen LogP contribution in [-0.4, -0.2) is 28.8 Å². The van der Waals surface area contributed by atoms with E-state index in [-0.39, 0.29) is 23.9 Å². The number of nitrogens with one attached hydrogen (secondary N) is 1. The first-order chi connectivity index (χ1) is 11.7. The maximum atomic E-state index is 12.6. The largest absolute Gasteiger partial charge is 0.468 e. The first-order valence-corrected chi connectivity index (χ1v) is 8.46. The van der Waals surface area contributed by atoms with E-state index in [9.17, 15) is 9.59 Å². The minimum atomic E-state index is -0.146. The summed E-state index contributed by atoms with van der Waals surface area (Å²) in [4.78, 5) is 26.7. The maximum Gasteiger partial charge on any atom is 0.261 e. The topological polar surface area (TPSA) is 62.6 Å². The molecule has 0 radical (unpaired) electrons. The van der Waals surface area contributed by atoms with E-state index in [1.807, 2.05) is 24.3 Å². The molecular weight excluding hydrogens is 304 g/mol. The normalized spacial score (nSPS) is 23.6. The lowest BCUT2D eigenvalue weighted by Gasteiger charge is -2.34. The number of carbonyl (C=O) groups is 2. The number of carbonyl (C=O) groups excluding carboxylic acids is 2. The molecule has 1 N–H and O–H groups in total. The van der Waals surface area contributed by atoms with Crippen molar-refractivity contribution in [3.63, 3.8) is 0 Å². The van der Waals surface area contributed by atoms with Gasteiger partial charge >= 0.3 is 0 Å². The number of furan rings is 1. The molecule has 0 bridgehead atoms. The Morgan fingerprint density at radius 2 is 1.79 bits per heavy atom. The standard InChI is InChI=1S/C19H20N2O3/c22-18-16-8-1-2-9-17(16)19(23)21(18)14-6-3-5-13(11-14)20-12-15-7-4-10-24-15/h1-2,4,7-10,13-14,20H,3,5-6,11-12H2/t13-,14+/m0/s1. The van der Waals surface area contributed by atoms with E-state index in [1.54, 1.807) is 18.4 Å². The molecule has 1 aliphatic carbocycles. The highest BCUT2D eigenvalue weighted by Gasteiger charge is 2.41. The predicted molar refractivity (Wildman–Crippen MR) is 88.5 cm³/mol. The van der Waals surface area contributed by atoms with Gasteiger partial charge in [-0.05, 0) is 49.9 Å². The molecule has 1 fully saturated rings. The van der Waals surface area contributed by atoms with Gasteiger partial charge in [-0.15, -0.1) is 0 Å². The average molecular weight is 324 g/mol. The fraction of sp³-hybridized carbons (Fsp3) is 0.368. The van der Waals surface area contributed by atoms with Crippen LogP contribution in [0.2, 0.25) is 0 Å². The summed E-state index contributed by atoms with van der Waals surface area (Å²) in [5.41, 5.74) is 1.07. The molecule has 5 nitrogen and oxygen atoms in total. The molecule has 1 saturated carbocycles. The minimum absolute atomic E-state index is 0.0275. The fourth-order valence-corrected chi connectivity index (χ4v) is 3.78. The van der Waals surface area contributed by atoms with Crippen molar-refractivity contribution in [2.75, 3.05) is 0 Å². The first-order valence-electron chi connectivity index (χ1n) is 8.46. The van der Waals surface area contributed by atoms with Gasteiger partial charge in [-0.3, -0.25) is 14.5 Å². The summed E-state index contributed by atoms with van der Waals surface area (Å²) in [6.07, 6.45) is 5.41. The molecule has 0 saturated heterocycles. The van der Waals surface area contributed by atoms with Crippen LogP contribution < -0.4 is 5.32 Å². The van der Waals surface area contributed by atoms with Crippen LogP contribution in [0.1, 0.15) is 52.2 Å². The second kappa shape index (κ2) is 6.24. The van der Waals surface area contributed by atoms with Gasteiger partial charge in [-0.1, -0.05) is 12.1 Å². The van der Waals surface area contributed by atoms with Gasteiger partial charge in [-0.2, -0.15) is 0 Å². The minimum Gasteiger partial charge on any atom is -0.468 e. The monoisotopic (exact) mass is 324 g/mol. The van der Waals surface area contributed by atoms with Gasteiger partial charge in [0.1, 0.15) is 5.76 Å². The molecule has 2 aromatic rings. The molecule has 1 aliphatic heterocycles. The van der Waals surface area contributed by atoms with Crippen LogP contribution in [0.5, 0.6) is 0 Å². The highest BCUT2D eigenvalue weighted by Crippen LogP contribution is 2.31. The molecule has 2 atom stereocenters. The third kappa shape index (κ3) is 2.65. The van der Waals surface area contributed by atoms with Gasteiger partial charge in [0.15, 0.2) is 0 Å². The zero-order valence-electron chi connectivity index (χ0n) is 13.4. The van der Waals surface area contributed by atoms with Crippen LogP contribution in [0, 0.1) is 0 Å². The van der Waals surface area contributed by atoms with Crippen LogP contribution in [0.25, 0.3) is 0 Å². The van der Waals surface area contributed by atoms with E-state index in [4.69, 9.17) is 4.42 Å². The zero-order chi connectivity index (χ0) is 16.5. The molecule has 2 aliphatic rings. The summed E-state index contributed by atoms with van der Waals surface area (Å²) < 4.78 is 5.35. The van der Waals surface area contributed by atoms with E-state index in [1.165, 1.54) is 4.90 Å². The Morgan fingerprint density at radius 1 is 1.04 bits per heavy atom. The van der Waals surface area contributed by atoms with E-state index < -0.39 is 0 Å². The number of fused-ring (bicyclic) bond motifs is 1. The van der Waals surface area contributed by atoms with Gasteiger partial charge in [0.2, 0.25) is 0 Å². The highest BCUT2D eigenvalue weighted by molar-refractivity contribution is 6.21. The van der Waals surface area contributed by atoms with Crippen molar-refractivity contribution in [2.24, 2.45) is 0 Å². The Hall–Kier alpha value is -2.40. The molecule has 0 spiro atoms. The Bertz CT molecular complexity index is 719. The van der Waals surface area contributed by atoms with Crippen molar-refractivity contribution in [1.82, 2.24) is 10.2 Å². The molecule has 124 valence electrons. The summed E-state index contributed by atoms with van der Waals surface area (Å²) in [5, 5.41) is 3.49. The van der Waals surface area contributed by atoms with Crippen molar-refractivity contribution in [2.45, 2.75) is 44.3 Å². The van der Waals surface area contributed by atoms with Crippen LogP contribution in [0.4, 0.5) is 0 Å². The number of rotatable bonds is 4. The van der Waals surface area contributed by atoms with Crippen molar-refractivity contribution in [3.8, 4) is 0 Å². The van der Waals surface area contributed by atoms with Gasteiger partial charge in [0.05, 0.1) is 23.9 Å². The summed E-state index contributed by atoms with van der Waals surface area (Å²) in [6, 6.07) is 11.2. The Kier molecular flexibility index (Phi) is 3.94. The summed E-state index contributed by atoms with van der Waals surface area (Å²) in [5.74, 6) is 0.609. The number of hydrogen-bond acceptors (Lipinski definition) is 4. The molecule has 2 heterocycles. The maximum absolute atomic E-state index is 12.6. The Morgan fingerprint density at radius 3 is 2.46 bits per heavy atom. The second-order valence-corrected chi connectivity index (χ2v) is 6.50. The van der Waals surface area contributed by atoms with E-state index in [0.29, 0.717) is 17.7 Å². The number of benzene rings is 1. The number of imide groups is 1. The molecule has 1 aromatic carbocycles. The third-order valence-corrected chi connectivity index (χ3v) is 4.98. The zero-order valence-corrected chi connectivity index (χ0v) is 13.4. The first kappa shape index (κ1) is 15.1. The molecule has 24 heavy (non-hydrogen) atoms. The van der Waals surface area contributed by atoms with E-state index in [2.05, 4.69) is 5.32 Å². The van der Waals surface area contributed by atoms with Crippen LogP contribution in [0.15, 0.2) is 47.1 Å². The lowest BCUT2D eigenvalue weighted by atomic mass is 9.90. The number of hydrogen-bond donors (Lipinski definition) is 1. The smallest absolute Gasteiger partial charge is 0.261 e. The van der Waals surface area contributed by atoms with E-state index in [0.717, 1.165) is 31.4 Å². The van der Waals surface area contributed by atoms with Crippen molar-refractivity contribution < 1.29 is 14.0 Å². The quantitative estimate of drug-likeness (QED) is 0.878. The number of nitrogens with zero attached hydrogens (tertiary/aromatic N) is 1. The summed E-state index contributed by atoms with van der Waals surface area (Å²) in [6.45, 7) is 0.673. The van der Waals surface area contributed by atoms with Crippen molar-refractivity contribution in [3.05, 3.63) is 59.5 Å². The van der Waals surface area contributed by atoms with Gasteiger partial charge in [0.25, 0.3) is 11.8 Å². The molecule has 5 heteroatoms. The third-order valence-electron chi connectivity index (χ3n) is 4.98. The molecule has 4 rings (SSSR count). The summed E-state index contributed by atoms with van der Waals surface area (Å²) >= 11 is 0. The molecule has 1 aromatic heterocycles. The molecule has 0 unspecified atom stereocenters. The lowest BCUT2D eigenvalue weighted by Crippen LogP contribution is -2.46. The van der Waals surface area contributed by atoms with Crippen LogP contribution in [-0.2, 0) is 6.54 Å². The number of amides is 2. The van der Waals surface area contributed by atoms with Crippen LogP contribution in [0.3, 0.4) is 0 Å². The average Bonchev–Trinajstić information content (AvgIpc) is 3.21. The van der Waals surface area contributed by atoms with Gasteiger partial charge < -0.3 is 9.73 Å².